The molecule has 0 N–H and O–H groups in total. The highest BCUT2D eigenvalue weighted by Crippen LogP contribution is 2.19. The van der Waals surface area contributed by atoms with Crippen molar-refractivity contribution in [3.05, 3.63) is 0 Å². The predicted molar refractivity (Wildman–Crippen MR) is 59.0 cm³/mol. The third-order valence-electron chi connectivity index (χ3n) is 2.57. The van der Waals surface area contributed by atoms with Crippen LogP contribution in [0.3, 0.4) is 0 Å². The molecule has 0 amide bonds. The molecule has 0 bridgehead atoms. The Balaban J connectivity index is 2.49. The molecule has 0 unspecified atom stereocenters. The van der Waals surface area contributed by atoms with E-state index in [0.29, 0.717) is 38.2 Å². The zero-order valence-corrected chi connectivity index (χ0v) is 10.1. The van der Waals surface area contributed by atoms with Crippen LogP contribution in [0.5, 0.6) is 0 Å². The number of sulfonamides is 1. The molecule has 1 aliphatic rings. The highest BCUT2D eigenvalue weighted by molar-refractivity contribution is 7.89. The van der Waals surface area contributed by atoms with E-state index in [-0.39, 0.29) is 11.7 Å². The molecule has 86 valence electrons. The van der Waals surface area contributed by atoms with Gasteiger partial charge in [-0.3, -0.25) is 0 Å². The smallest absolute Gasteiger partial charge is 0.212 e. The van der Waals surface area contributed by atoms with Gasteiger partial charge in [0.15, 0.2) is 0 Å². The van der Waals surface area contributed by atoms with E-state index in [4.69, 9.17) is 16.9 Å². The van der Waals surface area contributed by atoms with Crippen LogP contribution < -0.4 is 0 Å². The summed E-state index contributed by atoms with van der Waals surface area (Å²) in [4.78, 5) is 0. The zero-order valence-electron chi connectivity index (χ0n) is 8.52. The summed E-state index contributed by atoms with van der Waals surface area (Å²) in [5.41, 5.74) is 0. The summed E-state index contributed by atoms with van der Waals surface area (Å²) in [6.45, 7) is 0.950. The molecular formula is C9H15ClN2O2S. The Morgan fingerprint density at radius 3 is 2.47 bits per heavy atom. The summed E-state index contributed by atoms with van der Waals surface area (Å²) < 4.78 is 24.9. The number of rotatable bonds is 4. The quantitative estimate of drug-likeness (QED) is 0.704. The van der Waals surface area contributed by atoms with Crippen molar-refractivity contribution in [1.29, 1.82) is 5.26 Å². The van der Waals surface area contributed by atoms with E-state index in [2.05, 4.69) is 6.07 Å². The highest BCUT2D eigenvalue weighted by Gasteiger charge is 2.27. The fourth-order valence-corrected chi connectivity index (χ4v) is 3.46. The first kappa shape index (κ1) is 12.8. The molecule has 4 nitrogen and oxygen atoms in total. The molecule has 1 aliphatic heterocycles. The average Bonchev–Trinajstić information content (AvgIpc) is 2.26. The van der Waals surface area contributed by atoms with Crippen LogP contribution in [-0.4, -0.2) is 37.4 Å². The number of alkyl halides is 1. The van der Waals surface area contributed by atoms with Crippen molar-refractivity contribution in [2.45, 2.75) is 19.3 Å². The van der Waals surface area contributed by atoms with Gasteiger partial charge in [0.1, 0.15) is 0 Å². The minimum absolute atomic E-state index is 0.0180. The number of halogens is 1. The van der Waals surface area contributed by atoms with Gasteiger partial charge < -0.3 is 0 Å². The van der Waals surface area contributed by atoms with Crippen molar-refractivity contribution in [2.24, 2.45) is 5.92 Å². The summed E-state index contributed by atoms with van der Waals surface area (Å²) in [5, 5.41) is 8.69. The zero-order chi connectivity index (χ0) is 11.3. The van der Waals surface area contributed by atoms with Crippen molar-refractivity contribution in [3.8, 4) is 6.07 Å². The lowest BCUT2D eigenvalue weighted by Gasteiger charge is -2.28. The third kappa shape index (κ3) is 3.63. The Morgan fingerprint density at radius 2 is 2.00 bits per heavy atom. The fourth-order valence-electron chi connectivity index (χ4n) is 1.63. The second-order valence-corrected chi connectivity index (χ2v) is 6.13. The maximum atomic E-state index is 11.7. The number of nitriles is 1. The number of hydrogen-bond donors (Lipinski definition) is 0. The van der Waals surface area contributed by atoms with E-state index >= 15 is 0 Å². The molecule has 0 aromatic carbocycles. The van der Waals surface area contributed by atoms with Crippen molar-refractivity contribution in [2.75, 3.05) is 24.7 Å². The maximum absolute atomic E-state index is 11.7. The summed E-state index contributed by atoms with van der Waals surface area (Å²) in [7, 11) is -3.14. The van der Waals surface area contributed by atoms with Gasteiger partial charge in [0.2, 0.25) is 10.0 Å². The molecule has 0 radical (unpaired) electrons. The van der Waals surface area contributed by atoms with Gasteiger partial charge in [0, 0.05) is 24.9 Å². The maximum Gasteiger partial charge on any atom is 0.214 e. The molecule has 6 heteroatoms. The van der Waals surface area contributed by atoms with E-state index < -0.39 is 10.0 Å². The molecule has 0 aromatic heterocycles. The van der Waals surface area contributed by atoms with Crippen LogP contribution >= 0.6 is 11.6 Å². The minimum Gasteiger partial charge on any atom is -0.212 e. The summed E-state index contributed by atoms with van der Waals surface area (Å²) in [6.07, 6.45) is 1.79. The van der Waals surface area contributed by atoms with Crippen molar-refractivity contribution < 1.29 is 8.42 Å². The second-order valence-electron chi connectivity index (χ2n) is 3.66. The second kappa shape index (κ2) is 5.69. The molecule has 15 heavy (non-hydrogen) atoms. The van der Waals surface area contributed by atoms with Gasteiger partial charge in [0.25, 0.3) is 0 Å². The highest BCUT2D eigenvalue weighted by atomic mass is 35.5. The normalized spacial score (nSPS) is 20.0. The molecule has 1 fully saturated rings. The molecule has 0 atom stereocenters. The molecule has 0 saturated carbocycles. The topological polar surface area (TPSA) is 61.2 Å². The lowest BCUT2D eigenvalue weighted by molar-refractivity contribution is 0.310. The van der Waals surface area contributed by atoms with Crippen LogP contribution in [0.4, 0.5) is 0 Å². The van der Waals surface area contributed by atoms with Crippen LogP contribution in [0.15, 0.2) is 0 Å². The molecule has 0 spiro atoms. The fraction of sp³-hybridized carbons (Fsp3) is 0.889. The van der Waals surface area contributed by atoms with Gasteiger partial charge in [-0.2, -0.15) is 5.26 Å². The van der Waals surface area contributed by atoms with Gasteiger partial charge in [-0.25, -0.2) is 12.7 Å². The van der Waals surface area contributed by atoms with E-state index in [9.17, 15) is 8.42 Å². The molecule has 1 saturated heterocycles. The predicted octanol–water partition coefficient (Wildman–Crippen LogP) is 1.18. The lowest BCUT2D eigenvalue weighted by Crippen LogP contribution is -2.39. The summed E-state index contributed by atoms with van der Waals surface area (Å²) >= 11 is 5.47. The molecule has 0 aliphatic carbocycles. The van der Waals surface area contributed by atoms with E-state index in [0.717, 1.165) is 0 Å². The van der Waals surface area contributed by atoms with Crippen LogP contribution in [-0.2, 0) is 10.0 Å². The summed E-state index contributed by atoms with van der Waals surface area (Å²) in [6, 6.07) is 2.18. The first-order valence-electron chi connectivity index (χ1n) is 5.03. The van der Waals surface area contributed by atoms with E-state index in [1.807, 2.05) is 0 Å². The van der Waals surface area contributed by atoms with E-state index in [1.54, 1.807) is 0 Å². The van der Waals surface area contributed by atoms with Crippen LogP contribution in [0.2, 0.25) is 0 Å². The Labute approximate surface area is 95.9 Å². The van der Waals surface area contributed by atoms with Gasteiger partial charge in [-0.1, -0.05) is 0 Å². The van der Waals surface area contributed by atoms with Crippen LogP contribution in [0.25, 0.3) is 0 Å². The SMILES string of the molecule is N#CC1CCN(S(=O)(=O)CCCCl)CC1. The Hall–Kier alpha value is -0.310. The Morgan fingerprint density at radius 1 is 1.40 bits per heavy atom. The standard InChI is InChI=1S/C9H15ClN2O2S/c10-4-1-7-15(13,14)12-5-2-9(8-11)3-6-12/h9H,1-7H2. The van der Waals surface area contributed by atoms with Crippen molar-refractivity contribution in [3.63, 3.8) is 0 Å². The molecule has 1 rings (SSSR count). The summed E-state index contributed by atoms with van der Waals surface area (Å²) in [5.74, 6) is 0.506. The molecule has 1 heterocycles. The van der Waals surface area contributed by atoms with Crippen LogP contribution in [0.1, 0.15) is 19.3 Å². The third-order valence-corrected chi connectivity index (χ3v) is 4.79. The number of nitrogens with zero attached hydrogens (tertiary/aromatic N) is 2. The monoisotopic (exact) mass is 250 g/mol. The van der Waals surface area contributed by atoms with Crippen molar-refractivity contribution >= 4 is 21.6 Å². The first-order valence-corrected chi connectivity index (χ1v) is 7.18. The Bertz CT molecular complexity index is 329. The minimum atomic E-state index is -3.14. The largest absolute Gasteiger partial charge is 0.214 e. The van der Waals surface area contributed by atoms with Crippen LogP contribution in [0, 0.1) is 17.2 Å². The number of hydrogen-bond acceptors (Lipinski definition) is 3. The average molecular weight is 251 g/mol. The Kier molecular flexibility index (Phi) is 4.84. The molecule has 0 aromatic rings. The van der Waals surface area contributed by atoms with Gasteiger partial charge >= 0.3 is 0 Å². The lowest BCUT2D eigenvalue weighted by atomic mass is 10.0. The molecular weight excluding hydrogens is 236 g/mol. The first-order chi connectivity index (χ1) is 7.10. The van der Waals surface area contributed by atoms with Gasteiger partial charge in [0.05, 0.1) is 11.8 Å². The van der Waals surface area contributed by atoms with E-state index in [1.165, 1.54) is 4.31 Å². The van der Waals surface area contributed by atoms with Crippen molar-refractivity contribution in [1.82, 2.24) is 4.31 Å². The van der Waals surface area contributed by atoms with Gasteiger partial charge in [-0.15, -0.1) is 11.6 Å². The number of piperidine rings is 1. The van der Waals surface area contributed by atoms with Gasteiger partial charge in [-0.05, 0) is 19.3 Å².